The zero-order chi connectivity index (χ0) is 21.8. The summed E-state index contributed by atoms with van der Waals surface area (Å²) in [6.07, 6.45) is 1.64. The van der Waals surface area contributed by atoms with E-state index in [0.29, 0.717) is 26.2 Å². The minimum absolute atomic E-state index is 0.0773. The first-order valence-corrected chi connectivity index (χ1v) is 10.2. The third-order valence-corrected chi connectivity index (χ3v) is 5.66. The van der Waals surface area contributed by atoms with Crippen molar-refractivity contribution in [3.05, 3.63) is 84.4 Å². The molecule has 154 valence electrons. The van der Waals surface area contributed by atoms with Crippen LogP contribution in [-0.4, -0.2) is 27.6 Å². The van der Waals surface area contributed by atoms with Crippen LogP contribution in [0, 0.1) is 10.1 Å². The van der Waals surface area contributed by atoms with Crippen molar-refractivity contribution in [2.45, 2.75) is 6.92 Å². The van der Waals surface area contributed by atoms with E-state index in [1.54, 1.807) is 31.2 Å². The van der Waals surface area contributed by atoms with Crippen molar-refractivity contribution in [1.82, 2.24) is 0 Å². The van der Waals surface area contributed by atoms with Crippen LogP contribution in [-0.2, 0) is 9.53 Å². The highest BCUT2D eigenvalue weighted by atomic mass is 35.5. The zero-order valence-corrected chi connectivity index (χ0v) is 17.8. The van der Waals surface area contributed by atoms with Crippen LogP contribution in [0.3, 0.4) is 0 Å². The van der Waals surface area contributed by atoms with Crippen LogP contribution in [0.15, 0.2) is 63.7 Å². The summed E-state index contributed by atoms with van der Waals surface area (Å²) in [4.78, 5) is 27.4. The molecule has 1 N–H and O–H groups in total. The number of aliphatic imine (C=N–C) groups is 1. The highest BCUT2D eigenvalue weighted by molar-refractivity contribution is 8.18. The lowest BCUT2D eigenvalue weighted by atomic mass is 10.1. The lowest BCUT2D eigenvalue weighted by Crippen LogP contribution is -2.12. The summed E-state index contributed by atoms with van der Waals surface area (Å²) in [5.41, 5.74) is 0.889. The molecule has 0 aromatic heterocycles. The molecule has 0 saturated carbocycles. The average Bonchev–Trinajstić information content (AvgIpc) is 3.00. The van der Waals surface area contributed by atoms with Gasteiger partial charge in [0, 0.05) is 12.1 Å². The van der Waals surface area contributed by atoms with Gasteiger partial charge in [0.25, 0.3) is 5.69 Å². The number of rotatable bonds is 5. The molecule has 1 aliphatic heterocycles. The Balaban J connectivity index is 2.02. The first kappa shape index (κ1) is 21.9. The molecule has 0 aliphatic carbocycles. The van der Waals surface area contributed by atoms with Crippen molar-refractivity contribution in [3.8, 4) is 0 Å². The van der Waals surface area contributed by atoms with Gasteiger partial charge in [-0.05, 0) is 42.8 Å². The normalized spacial score (nSPS) is 16.4. The molecular weight excluding hydrogens is 451 g/mol. The molecule has 0 saturated heterocycles. The SMILES string of the molecule is CCOC(=O)C1=C(O)C(=Cc2ccc(Cl)c(Cl)c2)SC1=Nc1ccc([N+](=O)[O-])cc1. The fraction of sp³-hybridized carbons (Fsp3) is 0.100. The molecule has 1 aliphatic rings. The molecule has 2 aromatic rings. The maximum Gasteiger partial charge on any atom is 0.344 e. The van der Waals surface area contributed by atoms with Crippen LogP contribution in [0.1, 0.15) is 12.5 Å². The molecule has 0 amide bonds. The number of aliphatic hydroxyl groups is 1. The molecular formula is C20H14Cl2N2O5S. The molecule has 30 heavy (non-hydrogen) atoms. The number of nitrogens with zero attached hydrogens (tertiary/aromatic N) is 2. The van der Waals surface area contributed by atoms with Crippen molar-refractivity contribution in [3.63, 3.8) is 0 Å². The summed E-state index contributed by atoms with van der Waals surface area (Å²) >= 11 is 13.0. The number of aliphatic hydroxyl groups excluding tert-OH is 1. The second-order valence-corrected chi connectivity index (χ2v) is 7.76. The number of thioether (sulfide) groups is 1. The second-order valence-electron chi connectivity index (χ2n) is 5.92. The molecule has 0 radical (unpaired) electrons. The lowest BCUT2D eigenvalue weighted by Gasteiger charge is -2.03. The van der Waals surface area contributed by atoms with Gasteiger partial charge in [0.1, 0.15) is 16.4 Å². The number of hydrogen-bond donors (Lipinski definition) is 1. The smallest absolute Gasteiger partial charge is 0.344 e. The van der Waals surface area contributed by atoms with E-state index in [9.17, 15) is 20.0 Å². The van der Waals surface area contributed by atoms with Crippen LogP contribution in [0.4, 0.5) is 11.4 Å². The molecule has 1 heterocycles. The number of ether oxygens (including phenoxy) is 1. The van der Waals surface area contributed by atoms with E-state index < -0.39 is 10.9 Å². The number of carbonyl (C=O) groups excluding carboxylic acids is 1. The second kappa shape index (κ2) is 9.34. The standard InChI is InChI=1S/C20H14Cl2N2O5S/c1-2-29-20(26)17-18(25)16(10-11-3-8-14(21)15(22)9-11)30-19(17)23-12-4-6-13(7-5-12)24(27)28/h3-10,25H,2H2,1H3. The van der Waals surface area contributed by atoms with Gasteiger partial charge < -0.3 is 9.84 Å². The Bertz CT molecular complexity index is 1110. The van der Waals surface area contributed by atoms with E-state index in [2.05, 4.69) is 4.99 Å². The van der Waals surface area contributed by atoms with Gasteiger partial charge in [-0.3, -0.25) is 10.1 Å². The van der Waals surface area contributed by atoms with Crippen LogP contribution in [0.2, 0.25) is 10.0 Å². The molecule has 0 spiro atoms. The summed E-state index contributed by atoms with van der Waals surface area (Å²) in [5.74, 6) is -0.995. The molecule has 2 aromatic carbocycles. The van der Waals surface area contributed by atoms with Gasteiger partial charge in [0.2, 0.25) is 0 Å². The van der Waals surface area contributed by atoms with E-state index in [1.165, 1.54) is 24.3 Å². The Morgan fingerprint density at radius 3 is 2.53 bits per heavy atom. The molecule has 3 rings (SSSR count). The van der Waals surface area contributed by atoms with Gasteiger partial charge in [-0.2, -0.15) is 0 Å². The first-order chi connectivity index (χ1) is 14.3. The Morgan fingerprint density at radius 2 is 1.93 bits per heavy atom. The molecule has 7 nitrogen and oxygen atoms in total. The Kier molecular flexibility index (Phi) is 6.81. The molecule has 0 unspecified atom stereocenters. The summed E-state index contributed by atoms with van der Waals surface area (Å²) in [6.45, 7) is 1.77. The molecule has 10 heteroatoms. The highest BCUT2D eigenvalue weighted by Crippen LogP contribution is 2.40. The van der Waals surface area contributed by atoms with Crippen molar-refractivity contribution in [2.24, 2.45) is 4.99 Å². The number of non-ortho nitro benzene ring substituents is 1. The maximum atomic E-state index is 12.4. The summed E-state index contributed by atoms with van der Waals surface area (Å²) < 4.78 is 5.04. The van der Waals surface area contributed by atoms with Gasteiger partial charge >= 0.3 is 5.97 Å². The van der Waals surface area contributed by atoms with Gasteiger partial charge in [-0.25, -0.2) is 9.79 Å². The molecule has 0 bridgehead atoms. The number of carbonyl (C=O) groups is 1. The average molecular weight is 465 g/mol. The van der Waals surface area contributed by atoms with Crippen LogP contribution >= 0.6 is 35.0 Å². The third-order valence-electron chi connectivity index (χ3n) is 3.90. The Morgan fingerprint density at radius 1 is 1.23 bits per heavy atom. The van der Waals surface area contributed by atoms with Gasteiger partial charge in [0.05, 0.1) is 32.2 Å². The fourth-order valence-electron chi connectivity index (χ4n) is 2.51. The lowest BCUT2D eigenvalue weighted by molar-refractivity contribution is -0.384. The van der Waals surface area contributed by atoms with Crippen LogP contribution < -0.4 is 0 Å². The molecule has 0 atom stereocenters. The quantitative estimate of drug-likeness (QED) is 0.326. The van der Waals surface area contributed by atoms with E-state index >= 15 is 0 Å². The Labute approximate surface area is 185 Å². The summed E-state index contributed by atoms with van der Waals surface area (Å²) in [5, 5.41) is 22.4. The van der Waals surface area contributed by atoms with Crippen molar-refractivity contribution < 1.29 is 19.6 Å². The van der Waals surface area contributed by atoms with E-state index in [-0.39, 0.29) is 28.7 Å². The predicted molar refractivity (Wildman–Crippen MR) is 119 cm³/mol. The van der Waals surface area contributed by atoms with Crippen LogP contribution in [0.5, 0.6) is 0 Å². The van der Waals surface area contributed by atoms with Crippen molar-refractivity contribution >= 4 is 63.4 Å². The third kappa shape index (κ3) is 4.84. The largest absolute Gasteiger partial charge is 0.506 e. The minimum atomic E-state index is -0.722. The number of esters is 1. The monoisotopic (exact) mass is 464 g/mol. The predicted octanol–water partition coefficient (Wildman–Crippen LogP) is 6.09. The maximum absolute atomic E-state index is 12.4. The number of benzene rings is 2. The fourth-order valence-corrected chi connectivity index (χ4v) is 3.85. The summed E-state index contributed by atoms with van der Waals surface area (Å²) in [7, 11) is 0. The van der Waals surface area contributed by atoms with Crippen LogP contribution in [0.25, 0.3) is 6.08 Å². The van der Waals surface area contributed by atoms with Gasteiger partial charge in [-0.15, -0.1) is 0 Å². The van der Waals surface area contributed by atoms with E-state index in [1.807, 2.05) is 0 Å². The first-order valence-electron chi connectivity index (χ1n) is 8.59. The minimum Gasteiger partial charge on any atom is -0.506 e. The number of halogens is 2. The molecule has 0 fully saturated rings. The topological polar surface area (TPSA) is 102 Å². The number of nitro groups is 1. The Hall–Kier alpha value is -2.81. The van der Waals surface area contributed by atoms with Gasteiger partial charge in [0.15, 0.2) is 0 Å². The van der Waals surface area contributed by atoms with Crippen molar-refractivity contribution in [2.75, 3.05) is 6.61 Å². The highest BCUT2D eigenvalue weighted by Gasteiger charge is 2.33. The van der Waals surface area contributed by atoms with Gasteiger partial charge in [-0.1, -0.05) is 41.0 Å². The zero-order valence-electron chi connectivity index (χ0n) is 15.5. The van der Waals surface area contributed by atoms with E-state index in [0.717, 1.165) is 11.8 Å². The number of hydrogen-bond acceptors (Lipinski definition) is 7. The summed E-state index contributed by atoms with van der Waals surface area (Å²) in [6, 6.07) is 10.5. The number of nitro benzene ring substituents is 1. The van der Waals surface area contributed by atoms with E-state index in [4.69, 9.17) is 27.9 Å². The van der Waals surface area contributed by atoms with Crippen molar-refractivity contribution in [1.29, 1.82) is 0 Å².